The van der Waals surface area contributed by atoms with Crippen molar-refractivity contribution in [1.29, 1.82) is 0 Å². The number of ether oxygens (including phenoxy) is 1. The summed E-state index contributed by atoms with van der Waals surface area (Å²) in [5.74, 6) is 0.847. The second-order valence-corrected chi connectivity index (χ2v) is 6.72. The van der Waals surface area contributed by atoms with E-state index in [1.54, 1.807) is 7.11 Å². The molecular weight excluding hydrogens is 328 g/mol. The van der Waals surface area contributed by atoms with Crippen LogP contribution in [0, 0.1) is 5.92 Å². The first-order valence-electron chi connectivity index (χ1n) is 8.81. The highest BCUT2D eigenvalue weighted by atomic mass is 16.6. The molecule has 1 aliphatic rings. The van der Waals surface area contributed by atoms with Gasteiger partial charge < -0.3 is 14.9 Å². The van der Waals surface area contributed by atoms with Crippen molar-refractivity contribution < 1.29 is 14.4 Å². The third-order valence-electron chi connectivity index (χ3n) is 4.53. The Bertz CT molecular complexity index is 770. The molecule has 0 spiro atoms. The van der Waals surface area contributed by atoms with Gasteiger partial charge in [0.05, 0.1) is 13.2 Å². The zero-order valence-electron chi connectivity index (χ0n) is 15.3. The number of carbonyl (C=O) groups excluding carboxylic acids is 1. The highest BCUT2D eigenvalue weighted by Crippen LogP contribution is 2.28. The van der Waals surface area contributed by atoms with Crippen LogP contribution in [0.15, 0.2) is 59.8 Å². The van der Waals surface area contributed by atoms with Crippen LogP contribution in [-0.2, 0) is 9.63 Å². The number of carbonyl (C=O) groups is 1. The summed E-state index contributed by atoms with van der Waals surface area (Å²) in [5.41, 5.74) is 2.49. The zero-order valence-corrected chi connectivity index (χ0v) is 15.3. The van der Waals surface area contributed by atoms with Gasteiger partial charge in [0.15, 0.2) is 6.10 Å². The lowest BCUT2D eigenvalue weighted by molar-refractivity contribution is -0.115. The Morgan fingerprint density at radius 2 is 1.85 bits per heavy atom. The average Bonchev–Trinajstić information content (AvgIpc) is 3.17. The molecule has 2 unspecified atom stereocenters. The summed E-state index contributed by atoms with van der Waals surface area (Å²) in [6.45, 7) is 4.16. The fourth-order valence-electron chi connectivity index (χ4n) is 3.03. The smallest absolute Gasteiger partial charge is 0.269 e. The van der Waals surface area contributed by atoms with Gasteiger partial charge in [-0.05, 0) is 29.2 Å². The predicted molar refractivity (Wildman–Crippen MR) is 101 cm³/mol. The maximum Gasteiger partial charge on any atom is 0.269 e. The quantitative estimate of drug-likeness (QED) is 0.854. The van der Waals surface area contributed by atoms with Crippen molar-refractivity contribution >= 4 is 11.6 Å². The molecule has 1 heterocycles. The first-order valence-corrected chi connectivity index (χ1v) is 8.81. The second-order valence-electron chi connectivity index (χ2n) is 6.72. The van der Waals surface area contributed by atoms with E-state index in [9.17, 15) is 4.79 Å². The maximum absolute atomic E-state index is 12.7. The molecule has 0 fully saturated rings. The maximum atomic E-state index is 12.7. The summed E-state index contributed by atoms with van der Waals surface area (Å²) in [6.07, 6.45) is 0.277. The number of benzene rings is 2. The number of hydrogen-bond acceptors (Lipinski definition) is 4. The van der Waals surface area contributed by atoms with Crippen molar-refractivity contribution in [3.63, 3.8) is 0 Å². The predicted octanol–water partition coefficient (Wildman–Crippen LogP) is 4.03. The summed E-state index contributed by atoms with van der Waals surface area (Å²) < 4.78 is 5.20. The molecule has 5 heteroatoms. The van der Waals surface area contributed by atoms with Gasteiger partial charge in [0.25, 0.3) is 5.91 Å². The molecule has 3 rings (SSSR count). The van der Waals surface area contributed by atoms with Crippen molar-refractivity contribution in [2.75, 3.05) is 7.11 Å². The van der Waals surface area contributed by atoms with Crippen LogP contribution >= 0.6 is 0 Å². The number of oxime groups is 1. The number of methoxy groups -OCH3 is 1. The standard InChI is InChI=1S/C21H24N2O3/c1-14(2)20(16-9-11-17(25-3)12-10-16)22-21(24)18-13-19(26-23-18)15-7-5-4-6-8-15/h4-12,14,19-20H,13H2,1-3H3,(H,22,24). The van der Waals surface area contributed by atoms with E-state index in [2.05, 4.69) is 24.3 Å². The van der Waals surface area contributed by atoms with Crippen LogP contribution in [0.4, 0.5) is 0 Å². The van der Waals surface area contributed by atoms with Crippen molar-refractivity contribution in [2.45, 2.75) is 32.4 Å². The minimum atomic E-state index is -0.199. The number of nitrogens with zero attached hydrogens (tertiary/aromatic N) is 1. The zero-order chi connectivity index (χ0) is 18.5. The Hall–Kier alpha value is -2.82. The molecule has 0 aliphatic carbocycles. The third kappa shape index (κ3) is 4.04. The molecule has 1 amide bonds. The summed E-state index contributed by atoms with van der Waals surface area (Å²) in [6, 6.07) is 17.5. The molecule has 0 saturated carbocycles. The van der Waals surface area contributed by atoms with E-state index in [0.29, 0.717) is 12.1 Å². The molecule has 26 heavy (non-hydrogen) atoms. The van der Waals surface area contributed by atoms with Gasteiger partial charge in [-0.25, -0.2) is 0 Å². The Labute approximate surface area is 154 Å². The fraction of sp³-hybridized carbons (Fsp3) is 0.333. The molecule has 1 N–H and O–H groups in total. The Morgan fingerprint density at radius 1 is 1.15 bits per heavy atom. The van der Waals surface area contributed by atoms with Crippen molar-refractivity contribution in [1.82, 2.24) is 5.32 Å². The van der Waals surface area contributed by atoms with Crippen molar-refractivity contribution in [3.8, 4) is 5.75 Å². The lowest BCUT2D eigenvalue weighted by atomic mass is 9.95. The van der Waals surface area contributed by atoms with Crippen LogP contribution < -0.4 is 10.1 Å². The summed E-state index contributed by atoms with van der Waals surface area (Å²) in [4.78, 5) is 18.1. The number of nitrogens with one attached hydrogen (secondary N) is 1. The number of rotatable bonds is 6. The first-order chi connectivity index (χ1) is 12.6. The summed E-state index contributed by atoms with van der Waals surface area (Å²) >= 11 is 0. The molecule has 5 nitrogen and oxygen atoms in total. The van der Waals surface area contributed by atoms with Gasteiger partial charge in [-0.1, -0.05) is 61.5 Å². The van der Waals surface area contributed by atoms with Gasteiger partial charge in [0, 0.05) is 6.42 Å². The molecule has 2 atom stereocenters. The highest BCUT2D eigenvalue weighted by molar-refractivity contribution is 6.39. The molecule has 0 aromatic heterocycles. The van der Waals surface area contributed by atoms with Gasteiger partial charge in [-0.3, -0.25) is 4.79 Å². The number of amides is 1. The van der Waals surface area contributed by atoms with Crippen LogP contribution in [0.25, 0.3) is 0 Å². The highest BCUT2D eigenvalue weighted by Gasteiger charge is 2.29. The van der Waals surface area contributed by atoms with E-state index in [1.807, 2.05) is 54.6 Å². The van der Waals surface area contributed by atoms with E-state index >= 15 is 0 Å². The van der Waals surface area contributed by atoms with E-state index in [-0.39, 0.29) is 24.0 Å². The summed E-state index contributed by atoms with van der Waals surface area (Å²) in [5, 5.41) is 7.11. The van der Waals surface area contributed by atoms with E-state index in [0.717, 1.165) is 16.9 Å². The van der Waals surface area contributed by atoms with E-state index in [1.165, 1.54) is 0 Å². The molecule has 2 aromatic rings. The number of hydrogen-bond donors (Lipinski definition) is 1. The van der Waals surface area contributed by atoms with Crippen LogP contribution in [0.3, 0.4) is 0 Å². The lowest BCUT2D eigenvalue weighted by Crippen LogP contribution is -2.36. The Balaban J connectivity index is 1.67. The third-order valence-corrected chi connectivity index (χ3v) is 4.53. The van der Waals surface area contributed by atoms with Gasteiger partial charge in [-0.2, -0.15) is 0 Å². The molecule has 0 saturated heterocycles. The van der Waals surface area contributed by atoms with Crippen molar-refractivity contribution in [2.24, 2.45) is 11.1 Å². The van der Waals surface area contributed by atoms with Gasteiger partial charge in [-0.15, -0.1) is 0 Å². The van der Waals surface area contributed by atoms with Crippen molar-refractivity contribution in [3.05, 3.63) is 65.7 Å². The van der Waals surface area contributed by atoms with Crippen LogP contribution in [0.2, 0.25) is 0 Å². The fourth-order valence-corrected chi connectivity index (χ4v) is 3.03. The molecule has 0 bridgehead atoms. The Kier molecular flexibility index (Phi) is 5.56. The minimum Gasteiger partial charge on any atom is -0.497 e. The first kappa shape index (κ1) is 18.0. The lowest BCUT2D eigenvalue weighted by Gasteiger charge is -2.23. The van der Waals surface area contributed by atoms with Gasteiger partial charge in [0.1, 0.15) is 11.5 Å². The molecule has 1 aliphatic heterocycles. The molecular formula is C21H24N2O3. The largest absolute Gasteiger partial charge is 0.497 e. The molecule has 136 valence electrons. The molecule has 0 radical (unpaired) electrons. The topological polar surface area (TPSA) is 59.9 Å². The summed E-state index contributed by atoms with van der Waals surface area (Å²) in [7, 11) is 1.64. The van der Waals surface area contributed by atoms with Crippen LogP contribution in [0.1, 0.15) is 43.5 Å². The second kappa shape index (κ2) is 8.04. The van der Waals surface area contributed by atoms with Gasteiger partial charge >= 0.3 is 0 Å². The minimum absolute atomic E-state index is 0.105. The average molecular weight is 352 g/mol. The van der Waals surface area contributed by atoms with Crippen LogP contribution in [-0.4, -0.2) is 18.7 Å². The van der Waals surface area contributed by atoms with Gasteiger partial charge in [0.2, 0.25) is 0 Å². The monoisotopic (exact) mass is 352 g/mol. The van der Waals surface area contributed by atoms with E-state index in [4.69, 9.17) is 9.57 Å². The molecule has 2 aromatic carbocycles. The van der Waals surface area contributed by atoms with E-state index < -0.39 is 0 Å². The Morgan fingerprint density at radius 3 is 2.46 bits per heavy atom. The van der Waals surface area contributed by atoms with Crippen LogP contribution in [0.5, 0.6) is 5.75 Å². The SMILES string of the molecule is COc1ccc(C(NC(=O)C2=NOC(c3ccccc3)C2)C(C)C)cc1. The normalized spacial score (nSPS) is 17.4.